The van der Waals surface area contributed by atoms with Crippen LogP contribution in [0.25, 0.3) is 21.3 Å². The maximum atomic E-state index is 15.2. The van der Waals surface area contributed by atoms with E-state index < -0.39 is 5.82 Å². The van der Waals surface area contributed by atoms with E-state index in [1.807, 2.05) is 30.3 Å². The molecule has 0 unspecified atom stereocenters. The number of aromatic nitrogens is 3. The molecule has 1 aliphatic rings. The van der Waals surface area contributed by atoms with Crippen molar-refractivity contribution in [3.05, 3.63) is 105 Å². The molecule has 1 fully saturated rings. The van der Waals surface area contributed by atoms with Gasteiger partial charge >= 0.3 is 0 Å². The minimum absolute atomic E-state index is 0.0883. The zero-order valence-corrected chi connectivity index (χ0v) is 22.4. The van der Waals surface area contributed by atoms with Crippen LogP contribution in [0.5, 0.6) is 11.5 Å². The lowest BCUT2D eigenvalue weighted by Crippen LogP contribution is -2.43. The highest BCUT2D eigenvalue weighted by atomic mass is 32.1. The Balaban J connectivity index is 1.19. The first-order chi connectivity index (χ1) is 19.0. The van der Waals surface area contributed by atoms with E-state index in [9.17, 15) is 4.79 Å². The summed E-state index contributed by atoms with van der Waals surface area (Å²) in [5, 5.41) is 0. The predicted molar refractivity (Wildman–Crippen MR) is 152 cm³/mol. The number of ether oxygens (including phenoxy) is 1. The molecule has 6 rings (SSSR count). The van der Waals surface area contributed by atoms with Crippen LogP contribution in [0.15, 0.2) is 77.9 Å². The number of hydrogen-bond donors (Lipinski definition) is 1. The number of aromatic amines is 1. The molecule has 4 heterocycles. The van der Waals surface area contributed by atoms with Crippen molar-refractivity contribution in [2.45, 2.75) is 13.0 Å². The largest absolute Gasteiger partial charge is 0.453 e. The summed E-state index contributed by atoms with van der Waals surface area (Å²) in [4.78, 5) is 30.4. The topological polar surface area (TPSA) is 74.3 Å². The fourth-order valence-corrected chi connectivity index (χ4v) is 5.84. The van der Waals surface area contributed by atoms with E-state index in [0.717, 1.165) is 48.5 Å². The minimum atomic E-state index is -0.556. The molecule has 0 bridgehead atoms. The standard InChI is InChI=1S/C30H28FN5O2S/c1-35-11-13-36(14-12-35)19-22-17-25-29(39-22)27(9-10-32-25)38-26-8-7-21(16-24(26)31)23-18-33-28(34-30(23)37)15-20-5-3-2-4-6-20/h2-10,16-18H,11-15,19H2,1H3,(H,33,34,37). The molecule has 1 N–H and O–H groups in total. The van der Waals surface area contributed by atoms with Crippen LogP contribution in [0.3, 0.4) is 0 Å². The van der Waals surface area contributed by atoms with Crippen LogP contribution in [0.2, 0.25) is 0 Å². The number of hydrogen-bond acceptors (Lipinski definition) is 7. The van der Waals surface area contributed by atoms with Crippen molar-refractivity contribution in [2.24, 2.45) is 0 Å². The number of halogens is 1. The average molecular weight is 542 g/mol. The van der Waals surface area contributed by atoms with Crippen molar-refractivity contribution in [1.82, 2.24) is 24.8 Å². The minimum Gasteiger partial charge on any atom is -0.453 e. The Kier molecular flexibility index (Phi) is 7.19. The van der Waals surface area contributed by atoms with Gasteiger partial charge in [-0.05, 0) is 36.4 Å². The second-order valence-corrected chi connectivity index (χ2v) is 10.9. The molecule has 198 valence electrons. The lowest BCUT2D eigenvalue weighted by molar-refractivity contribution is 0.149. The molecule has 39 heavy (non-hydrogen) atoms. The fraction of sp³-hybridized carbons (Fsp3) is 0.233. The van der Waals surface area contributed by atoms with Gasteiger partial charge < -0.3 is 14.6 Å². The third kappa shape index (κ3) is 5.75. The summed E-state index contributed by atoms with van der Waals surface area (Å²) in [6, 6.07) is 18.2. The number of benzene rings is 2. The van der Waals surface area contributed by atoms with Crippen molar-refractivity contribution < 1.29 is 9.13 Å². The molecular weight excluding hydrogens is 513 g/mol. The Morgan fingerprint density at radius 1 is 1.00 bits per heavy atom. The SMILES string of the molecule is CN1CCN(Cc2cc3nccc(Oc4ccc(-c5cnc(Cc6ccccc6)[nH]c5=O)cc4F)c3s2)CC1. The monoisotopic (exact) mass is 541 g/mol. The van der Waals surface area contributed by atoms with Crippen molar-refractivity contribution in [2.75, 3.05) is 33.2 Å². The quantitative estimate of drug-likeness (QED) is 0.301. The van der Waals surface area contributed by atoms with Crippen molar-refractivity contribution in [1.29, 1.82) is 0 Å². The Bertz CT molecular complexity index is 1660. The van der Waals surface area contributed by atoms with Crippen molar-refractivity contribution in [3.63, 3.8) is 0 Å². The smallest absolute Gasteiger partial charge is 0.258 e. The van der Waals surface area contributed by atoms with Crippen LogP contribution >= 0.6 is 11.3 Å². The van der Waals surface area contributed by atoms with Gasteiger partial charge in [-0.1, -0.05) is 36.4 Å². The third-order valence-electron chi connectivity index (χ3n) is 6.93. The Morgan fingerprint density at radius 2 is 1.82 bits per heavy atom. The molecule has 1 saturated heterocycles. The molecule has 1 aliphatic heterocycles. The van der Waals surface area contributed by atoms with Crippen LogP contribution in [0, 0.1) is 5.82 Å². The molecule has 0 aliphatic carbocycles. The summed E-state index contributed by atoms with van der Waals surface area (Å²) in [7, 11) is 2.15. The Labute approximate surface area is 229 Å². The van der Waals surface area contributed by atoms with Crippen LogP contribution in [0.1, 0.15) is 16.3 Å². The van der Waals surface area contributed by atoms with Gasteiger partial charge in [0.2, 0.25) is 0 Å². The number of likely N-dealkylation sites (N-methyl/N-ethyl adjacent to an activating group) is 1. The molecule has 0 spiro atoms. The van der Waals surface area contributed by atoms with Crippen LogP contribution in [0.4, 0.5) is 4.39 Å². The zero-order valence-electron chi connectivity index (χ0n) is 21.6. The molecule has 0 saturated carbocycles. The van der Waals surface area contributed by atoms with Gasteiger partial charge in [0.15, 0.2) is 11.6 Å². The summed E-state index contributed by atoms with van der Waals surface area (Å²) in [5.41, 5.74) is 2.31. The molecule has 0 atom stereocenters. The number of H-pyrrole nitrogens is 1. The van der Waals surface area contributed by atoms with Gasteiger partial charge in [0, 0.05) is 62.5 Å². The lowest BCUT2D eigenvalue weighted by atomic mass is 10.1. The number of piperazine rings is 1. The number of nitrogens with zero attached hydrogens (tertiary/aromatic N) is 4. The lowest BCUT2D eigenvalue weighted by Gasteiger charge is -2.31. The van der Waals surface area contributed by atoms with E-state index in [4.69, 9.17) is 4.74 Å². The number of thiophene rings is 1. The number of pyridine rings is 1. The Morgan fingerprint density at radius 3 is 2.59 bits per heavy atom. The highest BCUT2D eigenvalue weighted by Gasteiger charge is 2.17. The first-order valence-electron chi connectivity index (χ1n) is 12.9. The summed E-state index contributed by atoms with van der Waals surface area (Å²) >= 11 is 1.63. The van der Waals surface area contributed by atoms with Crippen molar-refractivity contribution in [3.8, 4) is 22.6 Å². The first kappa shape index (κ1) is 25.4. The molecule has 5 aromatic rings. The van der Waals surface area contributed by atoms with E-state index in [-0.39, 0.29) is 11.3 Å². The van der Waals surface area contributed by atoms with Crippen LogP contribution < -0.4 is 10.3 Å². The van der Waals surface area contributed by atoms with E-state index in [2.05, 4.69) is 37.9 Å². The average Bonchev–Trinajstić information content (AvgIpc) is 3.35. The third-order valence-corrected chi connectivity index (χ3v) is 8.05. The van der Waals surface area contributed by atoms with Gasteiger partial charge in [-0.3, -0.25) is 14.7 Å². The maximum Gasteiger partial charge on any atom is 0.258 e. The molecule has 0 amide bonds. The Hall–Kier alpha value is -3.92. The fourth-order valence-electron chi connectivity index (χ4n) is 4.73. The first-order valence-corrected chi connectivity index (χ1v) is 13.7. The summed E-state index contributed by atoms with van der Waals surface area (Å²) in [6.07, 6.45) is 3.68. The van der Waals surface area contributed by atoms with Crippen LogP contribution in [-0.4, -0.2) is 58.0 Å². The highest BCUT2D eigenvalue weighted by Crippen LogP contribution is 2.36. The molecule has 0 radical (unpaired) electrons. The van der Waals surface area contributed by atoms with E-state index in [0.29, 0.717) is 29.1 Å². The number of fused-ring (bicyclic) bond motifs is 1. The molecule has 3 aromatic heterocycles. The molecular formula is C30H28FN5O2S. The predicted octanol–water partition coefficient (Wildman–Crippen LogP) is 5.32. The van der Waals surface area contributed by atoms with Gasteiger partial charge in [-0.25, -0.2) is 9.37 Å². The van der Waals surface area contributed by atoms with Gasteiger partial charge in [0.1, 0.15) is 11.6 Å². The summed E-state index contributed by atoms with van der Waals surface area (Å²) in [5.74, 6) is 0.649. The van der Waals surface area contributed by atoms with Crippen LogP contribution in [-0.2, 0) is 13.0 Å². The molecule has 9 heteroatoms. The maximum absolute atomic E-state index is 15.2. The highest BCUT2D eigenvalue weighted by molar-refractivity contribution is 7.19. The summed E-state index contributed by atoms with van der Waals surface area (Å²) < 4.78 is 22.1. The van der Waals surface area contributed by atoms with Gasteiger partial charge in [-0.15, -0.1) is 11.3 Å². The van der Waals surface area contributed by atoms with Gasteiger partial charge in [0.05, 0.1) is 15.8 Å². The number of nitrogens with one attached hydrogen (secondary N) is 1. The zero-order chi connectivity index (χ0) is 26.8. The van der Waals surface area contributed by atoms with E-state index in [1.54, 1.807) is 35.7 Å². The van der Waals surface area contributed by atoms with E-state index >= 15 is 4.39 Å². The molecule has 7 nitrogen and oxygen atoms in total. The van der Waals surface area contributed by atoms with Crippen molar-refractivity contribution >= 4 is 21.6 Å². The molecule has 2 aromatic carbocycles. The normalized spacial score (nSPS) is 14.6. The second kappa shape index (κ2) is 11.1. The summed E-state index contributed by atoms with van der Waals surface area (Å²) in [6.45, 7) is 5.06. The number of rotatable bonds is 7. The van der Waals surface area contributed by atoms with Gasteiger partial charge in [-0.2, -0.15) is 0 Å². The van der Waals surface area contributed by atoms with E-state index in [1.165, 1.54) is 17.1 Å². The second-order valence-electron chi connectivity index (χ2n) is 9.80. The van der Waals surface area contributed by atoms with Gasteiger partial charge in [0.25, 0.3) is 5.56 Å².